The van der Waals surface area contributed by atoms with Gasteiger partial charge in [0.15, 0.2) is 0 Å². The van der Waals surface area contributed by atoms with Crippen molar-refractivity contribution in [3.05, 3.63) is 0 Å². The number of hydrogen-bond donors (Lipinski definition) is 1. The fraction of sp³-hybridized carbons (Fsp3) is 0.900. The Morgan fingerprint density at radius 2 is 1.93 bits per heavy atom. The highest BCUT2D eigenvalue weighted by Gasteiger charge is 2.24. The molecule has 0 aliphatic carbocycles. The minimum atomic E-state index is -0.513. The molecule has 0 bridgehead atoms. The van der Waals surface area contributed by atoms with Crippen LogP contribution in [0.25, 0.3) is 0 Å². The van der Waals surface area contributed by atoms with Gasteiger partial charge in [-0.3, -0.25) is 4.79 Å². The van der Waals surface area contributed by atoms with Crippen LogP contribution in [-0.2, 0) is 9.53 Å². The standard InChI is InChI=1S/C10H22N2O2/c1-7(2)8(3)12(4)10(13)9(6-11)14-5/h7-9H,6,11H2,1-5H3. The Kier molecular flexibility index (Phi) is 5.72. The van der Waals surface area contributed by atoms with E-state index < -0.39 is 6.10 Å². The van der Waals surface area contributed by atoms with Crippen LogP contribution in [0.2, 0.25) is 0 Å². The van der Waals surface area contributed by atoms with E-state index in [1.165, 1.54) is 7.11 Å². The van der Waals surface area contributed by atoms with Crippen LogP contribution in [0.5, 0.6) is 0 Å². The molecule has 0 aromatic carbocycles. The number of carbonyl (C=O) groups excluding carboxylic acids is 1. The number of rotatable bonds is 5. The smallest absolute Gasteiger partial charge is 0.252 e. The normalized spacial score (nSPS) is 15.4. The quantitative estimate of drug-likeness (QED) is 0.705. The van der Waals surface area contributed by atoms with Crippen LogP contribution < -0.4 is 5.73 Å². The lowest BCUT2D eigenvalue weighted by atomic mass is 10.0. The summed E-state index contributed by atoms with van der Waals surface area (Å²) in [5.41, 5.74) is 5.43. The maximum atomic E-state index is 11.8. The fourth-order valence-corrected chi connectivity index (χ4v) is 1.17. The molecule has 0 radical (unpaired) electrons. The van der Waals surface area contributed by atoms with Crippen molar-refractivity contribution in [3.8, 4) is 0 Å². The molecule has 4 nitrogen and oxygen atoms in total. The Bertz CT molecular complexity index is 179. The van der Waals surface area contributed by atoms with E-state index in [-0.39, 0.29) is 18.5 Å². The summed E-state index contributed by atoms with van der Waals surface area (Å²) in [6.45, 7) is 6.41. The molecule has 4 heteroatoms. The van der Waals surface area contributed by atoms with E-state index in [0.29, 0.717) is 5.92 Å². The molecule has 2 atom stereocenters. The predicted molar refractivity (Wildman–Crippen MR) is 56.9 cm³/mol. The summed E-state index contributed by atoms with van der Waals surface area (Å²) >= 11 is 0. The second-order valence-corrected chi connectivity index (χ2v) is 3.89. The lowest BCUT2D eigenvalue weighted by Gasteiger charge is -2.30. The van der Waals surface area contributed by atoms with Gasteiger partial charge in [0, 0.05) is 26.7 Å². The molecule has 84 valence electrons. The third-order valence-corrected chi connectivity index (χ3v) is 2.70. The van der Waals surface area contributed by atoms with Crippen LogP contribution in [0.4, 0.5) is 0 Å². The fourth-order valence-electron chi connectivity index (χ4n) is 1.17. The molecule has 0 rings (SSSR count). The minimum Gasteiger partial charge on any atom is -0.370 e. The third kappa shape index (κ3) is 3.27. The maximum absolute atomic E-state index is 11.8. The topological polar surface area (TPSA) is 55.6 Å². The van der Waals surface area contributed by atoms with E-state index in [0.717, 1.165) is 0 Å². The van der Waals surface area contributed by atoms with Crippen molar-refractivity contribution < 1.29 is 9.53 Å². The first-order valence-electron chi connectivity index (χ1n) is 4.95. The summed E-state index contributed by atoms with van der Waals surface area (Å²) in [7, 11) is 3.29. The number of nitrogens with two attached hydrogens (primary N) is 1. The monoisotopic (exact) mass is 202 g/mol. The van der Waals surface area contributed by atoms with Crippen LogP contribution in [0.15, 0.2) is 0 Å². The summed E-state index contributed by atoms with van der Waals surface area (Å²) in [4.78, 5) is 13.5. The van der Waals surface area contributed by atoms with Crippen molar-refractivity contribution in [1.29, 1.82) is 0 Å². The molecular weight excluding hydrogens is 180 g/mol. The predicted octanol–water partition coefficient (Wildman–Crippen LogP) is 0.463. The Morgan fingerprint density at radius 1 is 1.43 bits per heavy atom. The molecule has 0 aromatic rings. The summed E-state index contributed by atoms with van der Waals surface area (Å²) in [6.07, 6.45) is -0.513. The first-order valence-corrected chi connectivity index (χ1v) is 4.95. The van der Waals surface area contributed by atoms with Crippen LogP contribution in [0, 0.1) is 5.92 Å². The highest BCUT2D eigenvalue weighted by atomic mass is 16.5. The van der Waals surface area contributed by atoms with Crippen molar-refractivity contribution in [2.45, 2.75) is 32.9 Å². The molecule has 0 saturated carbocycles. The van der Waals surface area contributed by atoms with Gasteiger partial charge in [-0.25, -0.2) is 0 Å². The number of likely N-dealkylation sites (N-methyl/N-ethyl adjacent to an activating group) is 1. The molecule has 14 heavy (non-hydrogen) atoms. The number of methoxy groups -OCH3 is 1. The van der Waals surface area contributed by atoms with E-state index in [9.17, 15) is 4.79 Å². The molecule has 2 unspecified atom stereocenters. The molecule has 0 aliphatic heterocycles. The van der Waals surface area contributed by atoms with E-state index in [1.807, 2.05) is 6.92 Å². The molecule has 0 heterocycles. The van der Waals surface area contributed by atoms with Gasteiger partial charge in [0.1, 0.15) is 6.10 Å². The van der Waals surface area contributed by atoms with Crippen LogP contribution in [0.1, 0.15) is 20.8 Å². The summed E-state index contributed by atoms with van der Waals surface area (Å²) in [5.74, 6) is 0.385. The lowest BCUT2D eigenvalue weighted by molar-refractivity contribution is -0.142. The zero-order valence-corrected chi connectivity index (χ0v) is 9.78. The molecule has 0 fully saturated rings. The van der Waals surface area contributed by atoms with Crippen molar-refractivity contribution in [2.75, 3.05) is 20.7 Å². The van der Waals surface area contributed by atoms with Crippen molar-refractivity contribution in [2.24, 2.45) is 11.7 Å². The van der Waals surface area contributed by atoms with Crippen LogP contribution in [-0.4, -0.2) is 43.7 Å². The van der Waals surface area contributed by atoms with E-state index >= 15 is 0 Å². The lowest BCUT2D eigenvalue weighted by Crippen LogP contribution is -2.47. The number of nitrogens with zero attached hydrogens (tertiary/aromatic N) is 1. The Morgan fingerprint density at radius 3 is 2.21 bits per heavy atom. The van der Waals surface area contributed by atoms with Gasteiger partial charge >= 0.3 is 0 Å². The molecule has 1 amide bonds. The van der Waals surface area contributed by atoms with Crippen LogP contribution in [0.3, 0.4) is 0 Å². The summed E-state index contributed by atoms with van der Waals surface area (Å²) < 4.78 is 5.00. The number of carbonyl (C=O) groups is 1. The van der Waals surface area contributed by atoms with Gasteiger partial charge in [0.2, 0.25) is 0 Å². The average molecular weight is 202 g/mol. The zero-order valence-electron chi connectivity index (χ0n) is 9.78. The molecule has 0 saturated heterocycles. The van der Waals surface area contributed by atoms with E-state index in [4.69, 9.17) is 10.5 Å². The Labute approximate surface area is 86.4 Å². The van der Waals surface area contributed by atoms with Gasteiger partial charge in [-0.1, -0.05) is 13.8 Å². The number of hydrogen-bond acceptors (Lipinski definition) is 3. The molecule has 0 aromatic heterocycles. The SMILES string of the molecule is COC(CN)C(=O)N(C)C(C)C(C)C. The van der Waals surface area contributed by atoms with Gasteiger partial charge in [0.05, 0.1) is 0 Å². The van der Waals surface area contributed by atoms with Gasteiger partial charge < -0.3 is 15.4 Å². The second kappa shape index (κ2) is 5.98. The molecule has 0 aliphatic rings. The van der Waals surface area contributed by atoms with Gasteiger partial charge in [-0.15, -0.1) is 0 Å². The van der Waals surface area contributed by atoms with Crippen molar-refractivity contribution >= 4 is 5.91 Å². The van der Waals surface area contributed by atoms with Gasteiger partial charge in [0.25, 0.3) is 5.91 Å². The minimum absolute atomic E-state index is 0.0452. The number of ether oxygens (including phenoxy) is 1. The average Bonchev–Trinajstić information content (AvgIpc) is 2.17. The first kappa shape index (κ1) is 13.4. The van der Waals surface area contributed by atoms with Crippen molar-refractivity contribution in [3.63, 3.8) is 0 Å². The molecular formula is C10H22N2O2. The first-order chi connectivity index (χ1) is 6.45. The zero-order chi connectivity index (χ0) is 11.3. The summed E-state index contributed by atoms with van der Waals surface area (Å²) in [5, 5.41) is 0. The third-order valence-electron chi connectivity index (χ3n) is 2.70. The molecule has 2 N–H and O–H groups in total. The second-order valence-electron chi connectivity index (χ2n) is 3.89. The highest BCUT2D eigenvalue weighted by Crippen LogP contribution is 2.09. The highest BCUT2D eigenvalue weighted by molar-refractivity contribution is 5.81. The Hall–Kier alpha value is -0.610. The number of amides is 1. The Balaban J connectivity index is 4.36. The van der Waals surface area contributed by atoms with Crippen LogP contribution >= 0.6 is 0 Å². The maximum Gasteiger partial charge on any atom is 0.252 e. The van der Waals surface area contributed by atoms with Gasteiger partial charge in [-0.2, -0.15) is 0 Å². The van der Waals surface area contributed by atoms with Crippen molar-refractivity contribution in [1.82, 2.24) is 4.90 Å². The summed E-state index contributed by atoms with van der Waals surface area (Å²) in [6, 6.07) is 0.201. The van der Waals surface area contributed by atoms with E-state index in [2.05, 4.69) is 13.8 Å². The van der Waals surface area contributed by atoms with Gasteiger partial charge in [-0.05, 0) is 12.8 Å². The molecule has 0 spiro atoms. The largest absolute Gasteiger partial charge is 0.370 e. The van der Waals surface area contributed by atoms with E-state index in [1.54, 1.807) is 11.9 Å².